The summed E-state index contributed by atoms with van der Waals surface area (Å²) in [4.78, 5) is 24.3. The molecule has 0 atom stereocenters. The van der Waals surface area contributed by atoms with Crippen molar-refractivity contribution in [3.05, 3.63) is 106 Å². The van der Waals surface area contributed by atoms with Gasteiger partial charge in [0.1, 0.15) is 24.5 Å². The summed E-state index contributed by atoms with van der Waals surface area (Å²) in [5.74, 6) is -1.57. The molecule has 0 unspecified atom stereocenters. The van der Waals surface area contributed by atoms with Crippen LogP contribution in [0.5, 0.6) is 11.5 Å². The zero-order chi connectivity index (χ0) is 20.9. The van der Waals surface area contributed by atoms with Crippen LogP contribution < -0.4 is 14.9 Å². The van der Waals surface area contributed by atoms with Crippen LogP contribution in [0, 0.1) is 0 Å². The number of rotatable bonds is 7. The topological polar surface area (TPSA) is 86.0 Å². The average molecular weight is 402 g/mol. The molecule has 0 radical (unpaired) electrons. The quantitative estimate of drug-likeness (QED) is 0.484. The Bertz CT molecular complexity index is 1240. The van der Waals surface area contributed by atoms with Crippen LogP contribution in [0.2, 0.25) is 0 Å². The lowest BCUT2D eigenvalue weighted by Gasteiger charge is -2.11. The number of hydrogen-bond acceptors (Lipinski definition) is 5. The summed E-state index contributed by atoms with van der Waals surface area (Å²) >= 11 is 0. The first-order valence-corrected chi connectivity index (χ1v) is 9.29. The number of carbonyl (C=O) groups is 1. The Hall–Kier alpha value is -4.06. The van der Waals surface area contributed by atoms with Crippen LogP contribution in [0.4, 0.5) is 0 Å². The van der Waals surface area contributed by atoms with Gasteiger partial charge in [0.2, 0.25) is 11.2 Å². The lowest BCUT2D eigenvalue weighted by molar-refractivity contribution is 0.0654. The minimum atomic E-state index is -1.37. The Morgan fingerprint density at radius 2 is 1.53 bits per heavy atom. The van der Waals surface area contributed by atoms with Crippen molar-refractivity contribution in [2.75, 3.05) is 0 Å². The molecule has 0 fully saturated rings. The van der Waals surface area contributed by atoms with E-state index in [0.717, 1.165) is 11.1 Å². The van der Waals surface area contributed by atoms with Crippen molar-refractivity contribution in [3.8, 4) is 11.5 Å². The zero-order valence-corrected chi connectivity index (χ0v) is 15.9. The molecule has 30 heavy (non-hydrogen) atoms. The molecule has 1 N–H and O–H groups in total. The van der Waals surface area contributed by atoms with Gasteiger partial charge < -0.3 is 19.0 Å². The molecular formula is C24H18O6. The van der Waals surface area contributed by atoms with Gasteiger partial charge in [-0.05, 0) is 35.4 Å². The summed E-state index contributed by atoms with van der Waals surface area (Å²) in [6.07, 6.45) is 0. The van der Waals surface area contributed by atoms with Crippen molar-refractivity contribution < 1.29 is 23.8 Å². The Labute approximate surface area is 171 Å². The number of fused-ring (bicyclic) bond motifs is 1. The highest BCUT2D eigenvalue weighted by atomic mass is 16.5. The maximum absolute atomic E-state index is 12.7. The highest BCUT2D eigenvalue weighted by molar-refractivity contribution is 5.91. The molecule has 0 aliphatic rings. The van der Waals surface area contributed by atoms with E-state index in [4.69, 9.17) is 13.9 Å². The van der Waals surface area contributed by atoms with E-state index in [9.17, 15) is 14.7 Å². The fourth-order valence-electron chi connectivity index (χ4n) is 3.02. The number of benzene rings is 3. The van der Waals surface area contributed by atoms with Gasteiger partial charge in [0.25, 0.3) is 5.76 Å². The Morgan fingerprint density at radius 1 is 0.833 bits per heavy atom. The number of carboxylic acids is 1. The van der Waals surface area contributed by atoms with Gasteiger partial charge in [-0.2, -0.15) is 0 Å². The molecule has 0 aliphatic carbocycles. The smallest absolute Gasteiger partial charge is 0.375 e. The van der Waals surface area contributed by atoms with Crippen LogP contribution in [-0.2, 0) is 13.2 Å². The molecule has 0 bridgehead atoms. The van der Waals surface area contributed by atoms with Crippen LogP contribution in [0.25, 0.3) is 11.0 Å². The molecule has 0 spiro atoms. The van der Waals surface area contributed by atoms with Gasteiger partial charge in [0, 0.05) is 0 Å². The summed E-state index contributed by atoms with van der Waals surface area (Å²) in [7, 11) is 0. The SMILES string of the molecule is O=C(O)c1oc2ccccc2c(=O)c1OCc1cccc(OCc2ccccc2)c1. The third-order valence-electron chi connectivity index (χ3n) is 4.48. The first-order valence-electron chi connectivity index (χ1n) is 9.29. The van der Waals surface area contributed by atoms with E-state index in [1.165, 1.54) is 0 Å². The Kier molecular flexibility index (Phi) is 5.48. The van der Waals surface area contributed by atoms with Gasteiger partial charge >= 0.3 is 5.97 Å². The highest BCUT2D eigenvalue weighted by Crippen LogP contribution is 2.23. The molecule has 4 rings (SSSR count). The van der Waals surface area contributed by atoms with Gasteiger partial charge in [-0.15, -0.1) is 0 Å². The van der Waals surface area contributed by atoms with Gasteiger partial charge in [0.05, 0.1) is 5.39 Å². The summed E-state index contributed by atoms with van der Waals surface area (Å²) < 4.78 is 16.8. The van der Waals surface area contributed by atoms with Crippen molar-refractivity contribution in [3.63, 3.8) is 0 Å². The van der Waals surface area contributed by atoms with E-state index in [1.54, 1.807) is 42.5 Å². The van der Waals surface area contributed by atoms with Crippen molar-refractivity contribution in [2.24, 2.45) is 0 Å². The minimum absolute atomic E-state index is 0.00802. The van der Waals surface area contributed by atoms with Crippen LogP contribution in [-0.4, -0.2) is 11.1 Å². The third-order valence-corrected chi connectivity index (χ3v) is 4.48. The van der Waals surface area contributed by atoms with Crippen LogP contribution >= 0.6 is 0 Å². The highest BCUT2D eigenvalue weighted by Gasteiger charge is 2.21. The first-order chi connectivity index (χ1) is 14.6. The Morgan fingerprint density at radius 3 is 2.33 bits per heavy atom. The van der Waals surface area contributed by atoms with Crippen molar-refractivity contribution in [1.82, 2.24) is 0 Å². The minimum Gasteiger partial charge on any atom is -0.489 e. The number of hydrogen-bond donors (Lipinski definition) is 1. The first kappa shape index (κ1) is 19.3. The summed E-state index contributed by atoms with van der Waals surface area (Å²) in [6, 6.07) is 23.4. The number of carboxylic acid groups (broad SMARTS) is 1. The molecule has 3 aromatic carbocycles. The zero-order valence-electron chi connectivity index (χ0n) is 15.9. The maximum atomic E-state index is 12.7. The van der Waals surface area contributed by atoms with E-state index in [1.807, 2.05) is 36.4 Å². The van der Waals surface area contributed by atoms with Crippen molar-refractivity contribution in [2.45, 2.75) is 13.2 Å². The monoisotopic (exact) mass is 402 g/mol. The molecule has 0 saturated carbocycles. The van der Waals surface area contributed by atoms with Gasteiger partial charge in [0.15, 0.2) is 0 Å². The molecule has 6 nitrogen and oxygen atoms in total. The van der Waals surface area contributed by atoms with Crippen molar-refractivity contribution >= 4 is 16.9 Å². The van der Waals surface area contributed by atoms with E-state index >= 15 is 0 Å². The summed E-state index contributed by atoms with van der Waals surface area (Å²) in [6.45, 7) is 0.411. The molecule has 150 valence electrons. The molecular weight excluding hydrogens is 384 g/mol. The standard InChI is InChI=1S/C24H18O6/c25-21-19-11-4-5-12-20(19)30-23(24(26)27)22(21)29-15-17-9-6-10-18(13-17)28-14-16-7-2-1-3-8-16/h1-13H,14-15H2,(H,26,27). The lowest BCUT2D eigenvalue weighted by atomic mass is 10.2. The fourth-order valence-corrected chi connectivity index (χ4v) is 3.02. The van der Waals surface area contributed by atoms with Crippen molar-refractivity contribution in [1.29, 1.82) is 0 Å². The van der Waals surface area contributed by atoms with E-state index in [2.05, 4.69) is 0 Å². The van der Waals surface area contributed by atoms with Gasteiger partial charge in [-0.3, -0.25) is 4.79 Å². The molecule has 4 aromatic rings. The van der Waals surface area contributed by atoms with E-state index < -0.39 is 17.2 Å². The predicted molar refractivity (Wildman–Crippen MR) is 111 cm³/mol. The molecule has 0 aliphatic heterocycles. The molecule has 0 saturated heterocycles. The number of para-hydroxylation sites is 1. The van der Waals surface area contributed by atoms with Crippen LogP contribution in [0.1, 0.15) is 21.7 Å². The van der Waals surface area contributed by atoms with Crippen LogP contribution in [0.3, 0.4) is 0 Å². The normalized spacial score (nSPS) is 10.7. The van der Waals surface area contributed by atoms with Crippen LogP contribution in [0.15, 0.2) is 88.1 Å². The second-order valence-corrected chi connectivity index (χ2v) is 6.60. The molecule has 0 amide bonds. The maximum Gasteiger partial charge on any atom is 0.375 e. The average Bonchev–Trinajstić information content (AvgIpc) is 2.78. The molecule has 1 heterocycles. The Balaban J connectivity index is 1.54. The predicted octanol–water partition coefficient (Wildman–Crippen LogP) is 4.65. The summed E-state index contributed by atoms with van der Waals surface area (Å²) in [5, 5.41) is 9.70. The number of ether oxygens (including phenoxy) is 2. The third kappa shape index (κ3) is 4.17. The molecule has 6 heteroatoms. The lowest BCUT2D eigenvalue weighted by Crippen LogP contribution is -2.14. The number of aromatic carboxylic acids is 1. The molecule has 1 aromatic heterocycles. The largest absolute Gasteiger partial charge is 0.489 e. The van der Waals surface area contributed by atoms with E-state index in [-0.39, 0.29) is 23.3 Å². The summed E-state index contributed by atoms with van der Waals surface area (Å²) in [5.41, 5.74) is 1.44. The second kappa shape index (κ2) is 8.53. The van der Waals surface area contributed by atoms with Gasteiger partial charge in [-0.25, -0.2) is 4.79 Å². The van der Waals surface area contributed by atoms with Gasteiger partial charge in [-0.1, -0.05) is 54.6 Å². The van der Waals surface area contributed by atoms with E-state index in [0.29, 0.717) is 12.4 Å². The second-order valence-electron chi connectivity index (χ2n) is 6.60. The fraction of sp³-hybridized carbons (Fsp3) is 0.0833.